The second-order valence-electron chi connectivity index (χ2n) is 5.37. The van der Waals surface area contributed by atoms with Crippen molar-refractivity contribution in [3.63, 3.8) is 0 Å². The summed E-state index contributed by atoms with van der Waals surface area (Å²) in [5.41, 5.74) is -0.0716. The summed E-state index contributed by atoms with van der Waals surface area (Å²) in [6.45, 7) is 4.75. The van der Waals surface area contributed by atoms with Crippen molar-refractivity contribution in [1.29, 1.82) is 0 Å². The number of aromatic carboxylic acids is 1. The molecular weight excluding hydrogens is 277 g/mol. The molecule has 0 saturated carbocycles. The van der Waals surface area contributed by atoms with E-state index in [2.05, 4.69) is 9.88 Å². The summed E-state index contributed by atoms with van der Waals surface area (Å²) in [7, 11) is 0. The van der Waals surface area contributed by atoms with Crippen molar-refractivity contribution < 1.29 is 19.0 Å². The second kappa shape index (κ2) is 5.95. The Labute approximate surface area is 122 Å². The molecule has 2 fully saturated rings. The number of anilines is 1. The Bertz CT molecular complexity index is 534. The molecule has 1 aromatic rings. The van der Waals surface area contributed by atoms with E-state index in [0.717, 1.165) is 58.1 Å². The van der Waals surface area contributed by atoms with Gasteiger partial charge in [-0.25, -0.2) is 14.2 Å². The molecule has 0 aliphatic carbocycles. The quantitative estimate of drug-likeness (QED) is 0.891. The van der Waals surface area contributed by atoms with E-state index < -0.39 is 11.8 Å². The topological polar surface area (TPSA) is 65.9 Å². The van der Waals surface area contributed by atoms with Gasteiger partial charge in [-0.15, -0.1) is 0 Å². The Balaban J connectivity index is 1.75. The summed E-state index contributed by atoms with van der Waals surface area (Å²) in [5, 5.41) is 9.20. The van der Waals surface area contributed by atoms with E-state index in [9.17, 15) is 14.3 Å². The van der Waals surface area contributed by atoms with Crippen molar-refractivity contribution in [2.24, 2.45) is 0 Å². The number of hydrogen-bond donors (Lipinski definition) is 1. The first kappa shape index (κ1) is 14.2. The van der Waals surface area contributed by atoms with E-state index >= 15 is 0 Å². The number of carbonyl (C=O) groups is 1. The molecule has 114 valence electrons. The molecule has 7 heteroatoms. The fourth-order valence-electron chi connectivity index (χ4n) is 3.02. The van der Waals surface area contributed by atoms with Gasteiger partial charge in [0.2, 0.25) is 0 Å². The van der Waals surface area contributed by atoms with Crippen LogP contribution < -0.4 is 4.90 Å². The Kier molecular flexibility index (Phi) is 4.03. The van der Waals surface area contributed by atoms with Gasteiger partial charge in [0.15, 0.2) is 0 Å². The van der Waals surface area contributed by atoms with Crippen LogP contribution in [0.15, 0.2) is 12.3 Å². The zero-order valence-corrected chi connectivity index (χ0v) is 11.7. The average molecular weight is 295 g/mol. The Morgan fingerprint density at radius 3 is 2.86 bits per heavy atom. The highest BCUT2D eigenvalue weighted by Gasteiger charge is 2.31. The molecule has 1 aromatic heterocycles. The zero-order valence-electron chi connectivity index (χ0n) is 11.7. The third kappa shape index (κ3) is 2.98. The van der Waals surface area contributed by atoms with E-state index in [1.165, 1.54) is 0 Å². The maximum atomic E-state index is 13.2. The number of carboxylic acid groups (broad SMARTS) is 1. The van der Waals surface area contributed by atoms with E-state index in [-0.39, 0.29) is 5.56 Å². The zero-order chi connectivity index (χ0) is 14.8. The Morgan fingerprint density at radius 2 is 2.14 bits per heavy atom. The lowest BCUT2D eigenvalue weighted by Gasteiger charge is -2.32. The fourth-order valence-corrected chi connectivity index (χ4v) is 3.02. The third-order valence-electron chi connectivity index (χ3n) is 4.09. The van der Waals surface area contributed by atoms with Gasteiger partial charge in [0.25, 0.3) is 0 Å². The number of ether oxygens (including phenoxy) is 1. The van der Waals surface area contributed by atoms with E-state index in [4.69, 9.17) is 4.74 Å². The van der Waals surface area contributed by atoms with Crippen LogP contribution in [0.3, 0.4) is 0 Å². The first-order chi connectivity index (χ1) is 10.1. The van der Waals surface area contributed by atoms with Crippen molar-refractivity contribution in [3.05, 3.63) is 23.6 Å². The summed E-state index contributed by atoms with van der Waals surface area (Å²) in [6.07, 6.45) is 2.03. The minimum Gasteiger partial charge on any atom is -0.478 e. The predicted octanol–water partition coefficient (Wildman–Crippen LogP) is 0.830. The molecule has 3 rings (SSSR count). The molecule has 2 aliphatic heterocycles. The fraction of sp³-hybridized carbons (Fsp3) is 0.571. The number of pyridine rings is 1. The largest absolute Gasteiger partial charge is 0.478 e. The number of halogens is 1. The van der Waals surface area contributed by atoms with Crippen LogP contribution in [-0.4, -0.2) is 66.4 Å². The van der Waals surface area contributed by atoms with Crippen LogP contribution in [0, 0.1) is 5.82 Å². The highest BCUT2D eigenvalue weighted by Crippen LogP contribution is 2.25. The van der Waals surface area contributed by atoms with Gasteiger partial charge >= 0.3 is 5.97 Å². The SMILES string of the molecule is O=C(O)c1cc(F)cnc1N1CCC(N2CCOCC2)C1. The number of morpholine rings is 1. The third-order valence-corrected chi connectivity index (χ3v) is 4.09. The molecular formula is C14H18FN3O3. The lowest BCUT2D eigenvalue weighted by molar-refractivity contribution is 0.0209. The van der Waals surface area contributed by atoms with E-state index in [1.807, 2.05) is 4.90 Å². The first-order valence-corrected chi connectivity index (χ1v) is 7.11. The minimum absolute atomic E-state index is 0.0716. The number of nitrogens with zero attached hydrogens (tertiary/aromatic N) is 3. The van der Waals surface area contributed by atoms with Crippen LogP contribution in [0.5, 0.6) is 0 Å². The van der Waals surface area contributed by atoms with Crippen molar-refractivity contribution in [3.8, 4) is 0 Å². The highest BCUT2D eigenvalue weighted by molar-refractivity contribution is 5.93. The maximum absolute atomic E-state index is 13.2. The maximum Gasteiger partial charge on any atom is 0.339 e. The van der Waals surface area contributed by atoms with Gasteiger partial charge in [-0.1, -0.05) is 0 Å². The second-order valence-corrected chi connectivity index (χ2v) is 5.37. The highest BCUT2D eigenvalue weighted by atomic mass is 19.1. The lowest BCUT2D eigenvalue weighted by atomic mass is 10.2. The van der Waals surface area contributed by atoms with Gasteiger partial charge in [0, 0.05) is 32.2 Å². The molecule has 1 atom stereocenters. The van der Waals surface area contributed by atoms with E-state index in [1.54, 1.807) is 0 Å². The van der Waals surface area contributed by atoms with Crippen LogP contribution in [0.4, 0.5) is 10.2 Å². The van der Waals surface area contributed by atoms with E-state index in [0.29, 0.717) is 11.9 Å². The summed E-state index contributed by atoms with van der Waals surface area (Å²) in [4.78, 5) is 19.5. The van der Waals surface area contributed by atoms with Gasteiger partial charge < -0.3 is 14.7 Å². The van der Waals surface area contributed by atoms with Crippen LogP contribution >= 0.6 is 0 Å². The number of carboxylic acids is 1. The van der Waals surface area contributed by atoms with Gasteiger partial charge in [0.05, 0.1) is 19.4 Å². The summed E-state index contributed by atoms with van der Waals surface area (Å²) in [5.74, 6) is -1.41. The standard InChI is InChI=1S/C14H18FN3O3/c15-10-7-12(14(19)20)13(16-8-10)18-2-1-11(9-18)17-3-5-21-6-4-17/h7-8,11H,1-6,9H2,(H,19,20). The summed E-state index contributed by atoms with van der Waals surface area (Å²) in [6, 6.07) is 1.41. The molecule has 21 heavy (non-hydrogen) atoms. The van der Waals surface area contributed by atoms with Crippen molar-refractivity contribution in [2.45, 2.75) is 12.5 Å². The molecule has 3 heterocycles. The molecule has 1 N–H and O–H groups in total. The average Bonchev–Trinajstić information content (AvgIpc) is 2.97. The van der Waals surface area contributed by atoms with Crippen LogP contribution in [0.1, 0.15) is 16.8 Å². The minimum atomic E-state index is -1.15. The molecule has 1 unspecified atom stereocenters. The Morgan fingerprint density at radius 1 is 1.38 bits per heavy atom. The monoisotopic (exact) mass is 295 g/mol. The number of hydrogen-bond acceptors (Lipinski definition) is 5. The predicted molar refractivity (Wildman–Crippen MR) is 74.2 cm³/mol. The summed E-state index contributed by atoms with van der Waals surface area (Å²) < 4.78 is 18.5. The van der Waals surface area contributed by atoms with Gasteiger partial charge in [-0.3, -0.25) is 4.90 Å². The first-order valence-electron chi connectivity index (χ1n) is 7.11. The molecule has 0 spiro atoms. The van der Waals surface area contributed by atoms with Gasteiger partial charge in [0.1, 0.15) is 17.2 Å². The summed E-state index contributed by atoms with van der Waals surface area (Å²) >= 11 is 0. The Hall–Kier alpha value is -1.73. The smallest absolute Gasteiger partial charge is 0.339 e. The molecule has 0 aromatic carbocycles. The van der Waals surface area contributed by atoms with Crippen molar-refractivity contribution in [1.82, 2.24) is 9.88 Å². The van der Waals surface area contributed by atoms with Crippen molar-refractivity contribution >= 4 is 11.8 Å². The van der Waals surface area contributed by atoms with Crippen LogP contribution in [0.2, 0.25) is 0 Å². The molecule has 0 radical (unpaired) electrons. The number of aromatic nitrogens is 1. The lowest BCUT2D eigenvalue weighted by Crippen LogP contribution is -2.44. The normalized spacial score (nSPS) is 23.5. The van der Waals surface area contributed by atoms with Gasteiger partial charge in [-0.2, -0.15) is 0 Å². The molecule has 2 aliphatic rings. The van der Waals surface area contributed by atoms with Crippen LogP contribution in [-0.2, 0) is 4.74 Å². The molecule has 2 saturated heterocycles. The molecule has 0 amide bonds. The van der Waals surface area contributed by atoms with Crippen LogP contribution in [0.25, 0.3) is 0 Å². The molecule has 6 nitrogen and oxygen atoms in total. The van der Waals surface area contributed by atoms with Crippen molar-refractivity contribution in [2.75, 3.05) is 44.3 Å². The number of rotatable bonds is 3. The van der Waals surface area contributed by atoms with Gasteiger partial charge in [-0.05, 0) is 12.5 Å². The molecule has 0 bridgehead atoms.